The number of aliphatic hydroxyl groups is 2. The lowest BCUT2D eigenvalue weighted by Gasteiger charge is -2.21. The van der Waals surface area contributed by atoms with E-state index in [4.69, 9.17) is 10.2 Å². The zero-order valence-electron chi connectivity index (χ0n) is 7.60. The van der Waals surface area contributed by atoms with E-state index in [-0.39, 0.29) is 0 Å². The summed E-state index contributed by atoms with van der Waals surface area (Å²) in [7, 11) is 0. The molecule has 10 heteroatoms. The summed E-state index contributed by atoms with van der Waals surface area (Å²) in [6.45, 7) is -5.97. The highest BCUT2D eigenvalue weighted by Crippen LogP contribution is 2.23. The van der Waals surface area contributed by atoms with Gasteiger partial charge < -0.3 is 19.7 Å². The van der Waals surface area contributed by atoms with Crippen LogP contribution in [0.2, 0.25) is 0 Å². The molecule has 0 unspecified atom stereocenters. The Morgan fingerprint density at radius 3 is 1.62 bits per heavy atom. The van der Waals surface area contributed by atoms with E-state index in [2.05, 4.69) is 9.47 Å². The molecule has 0 atom stereocenters. The van der Waals surface area contributed by atoms with E-state index in [0.29, 0.717) is 0 Å². The van der Waals surface area contributed by atoms with E-state index in [0.717, 1.165) is 0 Å². The number of hydrogen-bond acceptors (Lipinski definition) is 4. The molecule has 2 N–H and O–H groups in total. The topological polar surface area (TPSA) is 58.9 Å². The quantitative estimate of drug-likeness (QED) is 0.662. The van der Waals surface area contributed by atoms with E-state index in [1.807, 2.05) is 0 Å². The molecule has 0 aromatic heterocycles. The Balaban J connectivity index is 4.06. The Bertz CT molecular complexity index is 216. The zero-order valence-corrected chi connectivity index (χ0v) is 7.60. The molecule has 16 heavy (non-hydrogen) atoms. The predicted molar refractivity (Wildman–Crippen MR) is 36.0 cm³/mol. The molecular formula is C6H8F6O4. The van der Waals surface area contributed by atoms with Crippen molar-refractivity contribution in [2.75, 3.05) is 19.8 Å². The summed E-state index contributed by atoms with van der Waals surface area (Å²) in [5.41, 5.74) is 0. The lowest BCUT2D eigenvalue weighted by Crippen LogP contribution is -2.38. The third kappa shape index (κ3) is 7.68. The van der Waals surface area contributed by atoms with Crippen LogP contribution in [-0.4, -0.2) is 48.4 Å². The highest BCUT2D eigenvalue weighted by molar-refractivity contribution is 4.57. The van der Waals surface area contributed by atoms with Crippen LogP contribution in [0, 0.1) is 0 Å². The van der Waals surface area contributed by atoms with Gasteiger partial charge in [0, 0.05) is 0 Å². The van der Waals surface area contributed by atoms with Gasteiger partial charge in [-0.25, -0.2) is 0 Å². The summed E-state index contributed by atoms with van der Waals surface area (Å²) in [4.78, 5) is 0. The maximum absolute atomic E-state index is 12.4. The van der Waals surface area contributed by atoms with Crippen LogP contribution in [0.25, 0.3) is 0 Å². The van der Waals surface area contributed by atoms with Crippen molar-refractivity contribution >= 4 is 0 Å². The van der Waals surface area contributed by atoms with Crippen molar-refractivity contribution in [3.05, 3.63) is 0 Å². The number of aliphatic hydroxyl groups excluding tert-OH is 1. The normalized spacial score (nSPS) is 14.2. The van der Waals surface area contributed by atoms with Gasteiger partial charge in [-0.3, -0.25) is 0 Å². The van der Waals surface area contributed by atoms with Crippen molar-refractivity contribution in [2.45, 2.75) is 18.3 Å². The van der Waals surface area contributed by atoms with Gasteiger partial charge in [-0.1, -0.05) is 0 Å². The van der Waals surface area contributed by atoms with Gasteiger partial charge in [0.05, 0.1) is 0 Å². The summed E-state index contributed by atoms with van der Waals surface area (Å²) in [6.07, 6.45) is -13.2. The van der Waals surface area contributed by atoms with Crippen LogP contribution >= 0.6 is 0 Å². The van der Waals surface area contributed by atoms with Crippen molar-refractivity contribution in [3.8, 4) is 0 Å². The summed E-state index contributed by atoms with van der Waals surface area (Å²) in [6, 6.07) is 0. The number of halogens is 6. The number of hydrogen-bond donors (Lipinski definition) is 2. The fourth-order valence-electron chi connectivity index (χ4n) is 0.469. The first-order valence-electron chi connectivity index (χ1n) is 3.72. The molecule has 0 aromatic carbocycles. The summed E-state index contributed by atoms with van der Waals surface area (Å²) < 4.78 is 78.7. The van der Waals surface area contributed by atoms with Crippen LogP contribution in [0.5, 0.6) is 0 Å². The molecule has 0 saturated heterocycles. The molecule has 0 fully saturated rings. The van der Waals surface area contributed by atoms with Crippen LogP contribution < -0.4 is 0 Å². The van der Waals surface area contributed by atoms with Gasteiger partial charge in [-0.05, 0) is 0 Å². The lowest BCUT2D eigenvalue weighted by molar-refractivity contribution is -0.352. The first kappa shape index (κ1) is 15.4. The number of rotatable bonds is 7. The zero-order chi connectivity index (χ0) is 13.0. The smallest absolute Gasteiger partial charge is 0.379 e. The molecule has 0 aliphatic rings. The Kier molecular flexibility index (Phi) is 4.98. The third-order valence-corrected chi connectivity index (χ3v) is 1.09. The predicted octanol–water partition coefficient (Wildman–Crippen LogP) is 0.783. The van der Waals surface area contributed by atoms with Gasteiger partial charge in [0.25, 0.3) is 0 Å². The highest BCUT2D eigenvalue weighted by Gasteiger charge is 2.40. The van der Waals surface area contributed by atoms with Gasteiger partial charge in [0.15, 0.2) is 0 Å². The van der Waals surface area contributed by atoms with E-state index in [9.17, 15) is 26.3 Å². The minimum absolute atomic E-state index is 1.85. The SMILES string of the molecule is OCC(F)(F)OCC(F)(F)OCC(O)(F)F. The second-order valence-corrected chi connectivity index (χ2v) is 2.68. The second kappa shape index (κ2) is 5.17. The van der Waals surface area contributed by atoms with Gasteiger partial charge in [-0.2, -0.15) is 26.3 Å². The Hall–Kier alpha value is -0.580. The minimum atomic E-state index is -4.51. The first-order valence-corrected chi connectivity index (χ1v) is 3.72. The lowest BCUT2D eigenvalue weighted by atomic mass is 10.6. The maximum atomic E-state index is 12.4. The van der Waals surface area contributed by atoms with Crippen LogP contribution in [0.1, 0.15) is 0 Å². The van der Waals surface area contributed by atoms with Crippen molar-refractivity contribution in [3.63, 3.8) is 0 Å². The van der Waals surface area contributed by atoms with Crippen molar-refractivity contribution in [2.24, 2.45) is 0 Å². The Labute approximate surface area is 85.4 Å². The van der Waals surface area contributed by atoms with Crippen molar-refractivity contribution in [1.29, 1.82) is 0 Å². The van der Waals surface area contributed by atoms with Gasteiger partial charge in [0.2, 0.25) is 0 Å². The molecule has 4 nitrogen and oxygen atoms in total. The molecule has 0 aliphatic heterocycles. The Morgan fingerprint density at radius 1 is 0.812 bits per heavy atom. The number of ether oxygens (including phenoxy) is 2. The maximum Gasteiger partial charge on any atom is 0.379 e. The van der Waals surface area contributed by atoms with E-state index in [1.54, 1.807) is 0 Å². The molecule has 0 rings (SSSR count). The summed E-state index contributed by atoms with van der Waals surface area (Å²) >= 11 is 0. The molecule has 0 aliphatic carbocycles. The summed E-state index contributed by atoms with van der Waals surface area (Å²) in [5, 5.41) is 15.7. The van der Waals surface area contributed by atoms with E-state index < -0.39 is 38.1 Å². The van der Waals surface area contributed by atoms with E-state index >= 15 is 0 Å². The molecule has 0 bridgehead atoms. The largest absolute Gasteiger partial charge is 0.387 e. The summed E-state index contributed by atoms with van der Waals surface area (Å²) in [5.74, 6) is 0. The molecule has 0 spiro atoms. The molecule has 0 aromatic rings. The van der Waals surface area contributed by atoms with Gasteiger partial charge in [0.1, 0.15) is 19.8 Å². The first-order chi connectivity index (χ1) is 6.97. The molecule has 0 radical (unpaired) electrons. The average Bonchev–Trinajstić information content (AvgIpc) is 2.12. The molecule has 0 amide bonds. The van der Waals surface area contributed by atoms with Crippen molar-refractivity contribution in [1.82, 2.24) is 0 Å². The average molecular weight is 258 g/mol. The molecule has 0 heterocycles. The fourth-order valence-corrected chi connectivity index (χ4v) is 0.469. The Morgan fingerprint density at radius 2 is 1.25 bits per heavy atom. The van der Waals surface area contributed by atoms with Gasteiger partial charge >= 0.3 is 18.3 Å². The van der Waals surface area contributed by atoms with Crippen LogP contribution in [0.15, 0.2) is 0 Å². The third-order valence-electron chi connectivity index (χ3n) is 1.09. The minimum Gasteiger partial charge on any atom is -0.387 e. The van der Waals surface area contributed by atoms with Crippen LogP contribution in [0.4, 0.5) is 26.3 Å². The van der Waals surface area contributed by atoms with Crippen molar-refractivity contribution < 1.29 is 46.0 Å². The number of alkyl halides is 6. The standard InChI is InChI=1S/C6H8F6O4/c7-4(8,14)2-15-6(11,12)3-16-5(9,10)1-13/h13-14H,1-3H2. The van der Waals surface area contributed by atoms with Gasteiger partial charge in [-0.15, -0.1) is 0 Å². The molecule has 98 valence electrons. The molecule has 0 saturated carbocycles. The molecular weight excluding hydrogens is 250 g/mol. The second-order valence-electron chi connectivity index (χ2n) is 2.68. The fraction of sp³-hybridized carbons (Fsp3) is 1.00. The van der Waals surface area contributed by atoms with E-state index in [1.165, 1.54) is 0 Å². The van der Waals surface area contributed by atoms with Crippen LogP contribution in [-0.2, 0) is 9.47 Å². The highest BCUT2D eigenvalue weighted by atomic mass is 19.3. The van der Waals surface area contributed by atoms with Crippen LogP contribution in [0.3, 0.4) is 0 Å². The monoisotopic (exact) mass is 258 g/mol.